The molecular formula is C30H31N3O2S2. The van der Waals surface area contributed by atoms with E-state index in [0.29, 0.717) is 13.2 Å². The monoisotopic (exact) mass is 529 g/mol. The number of hydrogen-bond donors (Lipinski definition) is 1. The van der Waals surface area contributed by atoms with Crippen molar-refractivity contribution in [1.82, 2.24) is 9.47 Å². The van der Waals surface area contributed by atoms with Gasteiger partial charge in [-0.3, -0.25) is 0 Å². The fraction of sp³-hybridized carbons (Fsp3) is 0.300. The van der Waals surface area contributed by atoms with E-state index in [1.807, 2.05) is 59.7 Å². The number of urea groups is 1. The van der Waals surface area contributed by atoms with Gasteiger partial charge < -0.3 is 19.5 Å². The Kier molecular flexibility index (Phi) is 6.74. The lowest BCUT2D eigenvalue weighted by Gasteiger charge is -2.31. The highest BCUT2D eigenvalue weighted by Crippen LogP contribution is 2.44. The highest BCUT2D eigenvalue weighted by Gasteiger charge is 2.36. The van der Waals surface area contributed by atoms with Crippen molar-refractivity contribution in [2.24, 2.45) is 0 Å². The van der Waals surface area contributed by atoms with E-state index in [9.17, 15) is 4.79 Å². The van der Waals surface area contributed by atoms with Crippen LogP contribution in [0.15, 0.2) is 71.8 Å². The maximum atomic E-state index is 14.1. The Hall–Kier alpha value is -3.16. The summed E-state index contributed by atoms with van der Waals surface area (Å²) in [5, 5.41) is 4.48. The van der Waals surface area contributed by atoms with Crippen LogP contribution in [0.3, 0.4) is 0 Å². The highest BCUT2D eigenvalue weighted by molar-refractivity contribution is 7.98. The molecule has 0 fully saturated rings. The number of fused-ring (bicyclic) bond motifs is 5. The number of ether oxygens (including phenoxy) is 1. The zero-order valence-corrected chi connectivity index (χ0v) is 22.8. The van der Waals surface area contributed by atoms with Gasteiger partial charge in [-0.1, -0.05) is 18.2 Å². The number of hydrogen-bond acceptors (Lipinski definition) is 4. The maximum absolute atomic E-state index is 14.1. The summed E-state index contributed by atoms with van der Waals surface area (Å²) in [6.07, 6.45) is 8.89. The zero-order valence-electron chi connectivity index (χ0n) is 21.2. The summed E-state index contributed by atoms with van der Waals surface area (Å²) < 4.78 is 8.03. The highest BCUT2D eigenvalue weighted by atomic mass is 32.2. The summed E-state index contributed by atoms with van der Waals surface area (Å²) in [6, 6.07) is 20.2. The molecule has 37 heavy (non-hydrogen) atoms. The largest absolute Gasteiger partial charge is 0.494 e. The molecule has 0 radical (unpaired) electrons. The molecule has 2 amide bonds. The van der Waals surface area contributed by atoms with E-state index in [1.165, 1.54) is 33.8 Å². The van der Waals surface area contributed by atoms with Gasteiger partial charge >= 0.3 is 6.03 Å². The minimum Gasteiger partial charge on any atom is -0.494 e. The van der Waals surface area contributed by atoms with Crippen molar-refractivity contribution in [2.45, 2.75) is 50.1 Å². The van der Waals surface area contributed by atoms with Crippen molar-refractivity contribution in [1.29, 1.82) is 0 Å². The van der Waals surface area contributed by atoms with Crippen molar-refractivity contribution in [3.8, 4) is 10.8 Å². The molecule has 0 unspecified atom stereocenters. The van der Waals surface area contributed by atoms with E-state index in [0.717, 1.165) is 40.4 Å². The molecule has 6 rings (SSSR count). The van der Waals surface area contributed by atoms with Crippen LogP contribution < -0.4 is 10.1 Å². The first-order chi connectivity index (χ1) is 18.2. The predicted molar refractivity (Wildman–Crippen MR) is 153 cm³/mol. The maximum Gasteiger partial charge on any atom is 0.322 e. The number of thiophene rings is 1. The van der Waals surface area contributed by atoms with E-state index < -0.39 is 0 Å². The van der Waals surface area contributed by atoms with Gasteiger partial charge in [0.25, 0.3) is 0 Å². The van der Waals surface area contributed by atoms with E-state index in [4.69, 9.17) is 4.74 Å². The number of thioether (sulfide) groups is 1. The molecule has 2 aromatic heterocycles. The Morgan fingerprint density at radius 3 is 2.73 bits per heavy atom. The van der Waals surface area contributed by atoms with Crippen LogP contribution in [0, 0.1) is 0 Å². The molecule has 0 bridgehead atoms. The van der Waals surface area contributed by atoms with Gasteiger partial charge in [-0.15, -0.1) is 23.1 Å². The standard InChI is InChI=1S/C30H31N3O2S2/c1-3-35-22-15-13-20(14-16-22)28-26-11-7-17-32(26)29-25(24-10-4-5-12-27(24)37-29)19-33(28)30(34)31-21-8-6-9-23(18-21)36-2/h6-9,11,13-18,28H,3-5,10,12,19H2,1-2H3,(H,31,34)/t28-/m0/s1. The summed E-state index contributed by atoms with van der Waals surface area (Å²) in [5.74, 6) is 0.841. The second-order valence-electron chi connectivity index (χ2n) is 9.49. The van der Waals surface area contributed by atoms with Crippen LogP contribution in [0.4, 0.5) is 10.5 Å². The number of nitrogens with zero attached hydrogens (tertiary/aromatic N) is 2. The molecule has 0 saturated heterocycles. The summed E-state index contributed by atoms with van der Waals surface area (Å²) in [5.41, 5.74) is 5.75. The number of anilines is 1. The first-order valence-corrected chi connectivity index (χ1v) is 15.0. The van der Waals surface area contributed by atoms with Gasteiger partial charge in [0.05, 0.1) is 24.9 Å². The molecule has 0 saturated carbocycles. The van der Waals surface area contributed by atoms with Crippen molar-refractivity contribution >= 4 is 34.8 Å². The fourth-order valence-corrected chi connectivity index (χ4v) is 7.41. The molecule has 1 N–H and O–H groups in total. The van der Waals surface area contributed by atoms with Gasteiger partial charge in [-0.05, 0) is 92.5 Å². The SMILES string of the molecule is CCOc1ccc([C@H]2c3cccn3-c3sc4c(c3CN2C(=O)Nc2cccc(SC)c2)CCCC4)cc1. The summed E-state index contributed by atoms with van der Waals surface area (Å²) in [6.45, 7) is 3.19. The second kappa shape index (κ2) is 10.3. The van der Waals surface area contributed by atoms with Gasteiger partial charge in [0.1, 0.15) is 10.8 Å². The van der Waals surface area contributed by atoms with Gasteiger partial charge in [0, 0.05) is 27.2 Å². The van der Waals surface area contributed by atoms with E-state index in [2.05, 4.69) is 46.4 Å². The minimum atomic E-state index is -0.228. The molecule has 1 atom stereocenters. The smallest absolute Gasteiger partial charge is 0.322 e. The topological polar surface area (TPSA) is 46.5 Å². The predicted octanol–water partition coefficient (Wildman–Crippen LogP) is 7.68. The van der Waals surface area contributed by atoms with Gasteiger partial charge in [-0.2, -0.15) is 0 Å². The van der Waals surface area contributed by atoms with Crippen molar-refractivity contribution in [3.63, 3.8) is 0 Å². The Bertz CT molecular complexity index is 1420. The third kappa shape index (κ3) is 4.55. The summed E-state index contributed by atoms with van der Waals surface area (Å²) in [7, 11) is 0. The summed E-state index contributed by atoms with van der Waals surface area (Å²) >= 11 is 3.58. The van der Waals surface area contributed by atoms with Crippen molar-refractivity contribution < 1.29 is 9.53 Å². The lowest BCUT2D eigenvalue weighted by atomic mass is 9.95. The molecule has 1 aliphatic carbocycles. The second-order valence-corrected chi connectivity index (χ2v) is 11.5. The molecule has 2 aliphatic rings. The van der Waals surface area contributed by atoms with Crippen LogP contribution in [0.25, 0.3) is 5.00 Å². The third-order valence-electron chi connectivity index (χ3n) is 7.27. The number of rotatable bonds is 5. The van der Waals surface area contributed by atoms with E-state index in [-0.39, 0.29) is 12.1 Å². The van der Waals surface area contributed by atoms with Crippen molar-refractivity contribution in [2.75, 3.05) is 18.2 Å². The summed E-state index contributed by atoms with van der Waals surface area (Å²) in [4.78, 5) is 18.7. The number of aryl methyl sites for hydroxylation is 1. The van der Waals surface area contributed by atoms with Crippen LogP contribution in [0.2, 0.25) is 0 Å². The Morgan fingerprint density at radius 2 is 1.92 bits per heavy atom. The number of carbonyl (C=O) groups is 1. The average Bonchev–Trinajstić information content (AvgIpc) is 3.51. The first kappa shape index (κ1) is 24.2. The number of carbonyl (C=O) groups excluding carboxylic acids is 1. The quantitative estimate of drug-likeness (QED) is 0.270. The number of benzene rings is 2. The van der Waals surface area contributed by atoms with Gasteiger partial charge in [0.15, 0.2) is 0 Å². The van der Waals surface area contributed by atoms with Crippen LogP contribution in [-0.2, 0) is 19.4 Å². The lowest BCUT2D eigenvalue weighted by molar-refractivity contribution is 0.194. The number of amides is 2. The van der Waals surface area contributed by atoms with Gasteiger partial charge in [0.2, 0.25) is 0 Å². The first-order valence-electron chi connectivity index (χ1n) is 12.9. The molecule has 4 aromatic rings. The Labute approximate surface area is 226 Å². The fourth-order valence-electron chi connectivity index (χ4n) is 5.55. The number of aromatic nitrogens is 1. The van der Waals surface area contributed by atoms with E-state index in [1.54, 1.807) is 11.8 Å². The molecule has 2 aromatic carbocycles. The van der Waals surface area contributed by atoms with E-state index >= 15 is 0 Å². The Balaban J connectivity index is 1.46. The van der Waals surface area contributed by atoms with Crippen LogP contribution >= 0.6 is 23.1 Å². The van der Waals surface area contributed by atoms with Crippen LogP contribution in [0.1, 0.15) is 53.1 Å². The van der Waals surface area contributed by atoms with Gasteiger partial charge in [-0.25, -0.2) is 4.79 Å². The normalized spacial score (nSPS) is 16.4. The lowest BCUT2D eigenvalue weighted by Crippen LogP contribution is -2.38. The molecule has 5 nitrogen and oxygen atoms in total. The molecular weight excluding hydrogens is 498 g/mol. The minimum absolute atomic E-state index is 0.0894. The average molecular weight is 530 g/mol. The third-order valence-corrected chi connectivity index (χ3v) is 9.33. The zero-order chi connectivity index (χ0) is 25.4. The van der Waals surface area contributed by atoms with Crippen LogP contribution in [0.5, 0.6) is 5.75 Å². The van der Waals surface area contributed by atoms with Crippen LogP contribution in [-0.4, -0.2) is 28.4 Å². The molecule has 1 aliphatic heterocycles. The molecule has 0 spiro atoms. The number of nitrogens with one attached hydrogen (secondary N) is 1. The Morgan fingerprint density at radius 1 is 1.08 bits per heavy atom. The van der Waals surface area contributed by atoms with Crippen molar-refractivity contribution in [3.05, 3.63) is 94.1 Å². The molecule has 7 heteroatoms. The molecule has 3 heterocycles. The molecule has 190 valence electrons.